The molecule has 0 saturated carbocycles. The first-order chi connectivity index (χ1) is 13.7. The molecule has 1 atom stereocenters. The van der Waals surface area contributed by atoms with Crippen LogP contribution in [0.1, 0.15) is 49.4 Å². The molecule has 4 nitrogen and oxygen atoms in total. The summed E-state index contributed by atoms with van der Waals surface area (Å²) >= 11 is 0. The fourth-order valence-electron chi connectivity index (χ4n) is 3.66. The van der Waals surface area contributed by atoms with E-state index in [0.29, 0.717) is 12.0 Å². The molecule has 0 aliphatic rings. The first kappa shape index (κ1) is 19.9. The van der Waals surface area contributed by atoms with Crippen molar-refractivity contribution >= 4 is 33.4 Å². The number of ether oxygens (including phenoxy) is 1. The molecule has 0 saturated heterocycles. The molecular formula is C24H27NO3. The molecule has 3 aromatic carbocycles. The van der Waals surface area contributed by atoms with Gasteiger partial charge in [0.15, 0.2) is 0 Å². The summed E-state index contributed by atoms with van der Waals surface area (Å²) in [5.41, 5.74) is 0.608. The Hall–Kier alpha value is -2.88. The number of hydrogen-bond acceptors (Lipinski definition) is 3. The summed E-state index contributed by atoms with van der Waals surface area (Å²) in [7, 11) is 1.36. The largest absolute Gasteiger partial charge is 0.467 e. The predicted molar refractivity (Wildman–Crippen MR) is 113 cm³/mol. The number of carbonyl (C=O) groups is 2. The number of rotatable bonds is 8. The van der Waals surface area contributed by atoms with Crippen LogP contribution in [0, 0.1) is 0 Å². The Bertz CT molecular complexity index is 926. The van der Waals surface area contributed by atoms with Gasteiger partial charge >= 0.3 is 5.97 Å². The van der Waals surface area contributed by atoms with E-state index in [-0.39, 0.29) is 5.91 Å². The van der Waals surface area contributed by atoms with Gasteiger partial charge in [-0.1, -0.05) is 81.1 Å². The highest BCUT2D eigenvalue weighted by Gasteiger charge is 2.23. The number of benzene rings is 3. The number of hydrogen-bond donors (Lipinski definition) is 1. The highest BCUT2D eigenvalue weighted by Crippen LogP contribution is 2.28. The number of carbonyl (C=O) groups excluding carboxylic acids is 2. The third-order valence-corrected chi connectivity index (χ3v) is 5.14. The summed E-state index contributed by atoms with van der Waals surface area (Å²) in [6.45, 7) is 2.14. The highest BCUT2D eigenvalue weighted by molar-refractivity contribution is 6.18. The molecule has 0 heterocycles. The van der Waals surface area contributed by atoms with Crippen molar-refractivity contribution in [1.29, 1.82) is 0 Å². The lowest BCUT2D eigenvalue weighted by atomic mass is 9.96. The zero-order valence-electron chi connectivity index (χ0n) is 16.5. The number of nitrogens with one attached hydrogen (secondary N) is 1. The smallest absolute Gasteiger partial charge is 0.328 e. The predicted octanol–water partition coefficient (Wildman–Crippen LogP) is 5.23. The standard InChI is InChI=1S/C24H27NO3/c1-3-4-5-6-15-21(24(27)28-2)25-23(26)22-19-13-9-7-11-17(19)16-18-12-8-10-14-20(18)22/h7-14,16,21H,3-6,15H2,1-2H3,(H,25,26)/t21-/m0/s1. The number of amides is 1. The van der Waals surface area contributed by atoms with Gasteiger partial charge in [0, 0.05) is 0 Å². The van der Waals surface area contributed by atoms with Gasteiger partial charge in [-0.3, -0.25) is 4.79 Å². The quantitative estimate of drug-likeness (QED) is 0.332. The molecule has 1 amide bonds. The van der Waals surface area contributed by atoms with Gasteiger partial charge in [-0.05, 0) is 34.0 Å². The molecule has 0 fully saturated rings. The second-order valence-electron chi connectivity index (χ2n) is 7.09. The van der Waals surface area contributed by atoms with Crippen LogP contribution in [-0.4, -0.2) is 25.0 Å². The van der Waals surface area contributed by atoms with Gasteiger partial charge < -0.3 is 10.1 Å². The second-order valence-corrected chi connectivity index (χ2v) is 7.09. The number of fused-ring (bicyclic) bond motifs is 2. The van der Waals surface area contributed by atoms with Crippen molar-refractivity contribution in [1.82, 2.24) is 5.32 Å². The minimum absolute atomic E-state index is 0.237. The van der Waals surface area contributed by atoms with Crippen LogP contribution in [-0.2, 0) is 9.53 Å². The van der Waals surface area contributed by atoms with Crippen LogP contribution in [0.15, 0.2) is 54.6 Å². The van der Waals surface area contributed by atoms with Gasteiger partial charge in [-0.15, -0.1) is 0 Å². The van der Waals surface area contributed by atoms with E-state index in [1.54, 1.807) is 0 Å². The Morgan fingerprint density at radius 3 is 2.11 bits per heavy atom. The molecule has 146 valence electrons. The third-order valence-electron chi connectivity index (χ3n) is 5.14. The van der Waals surface area contributed by atoms with Crippen molar-refractivity contribution in [2.75, 3.05) is 7.11 Å². The lowest BCUT2D eigenvalue weighted by Crippen LogP contribution is -2.41. The lowest BCUT2D eigenvalue weighted by Gasteiger charge is -2.18. The number of methoxy groups -OCH3 is 1. The normalized spacial score (nSPS) is 12.1. The van der Waals surface area contributed by atoms with E-state index >= 15 is 0 Å². The molecule has 0 radical (unpaired) electrons. The monoisotopic (exact) mass is 377 g/mol. The van der Waals surface area contributed by atoms with E-state index in [0.717, 1.165) is 47.2 Å². The maximum Gasteiger partial charge on any atom is 0.328 e. The molecular weight excluding hydrogens is 350 g/mol. The van der Waals surface area contributed by atoms with Gasteiger partial charge in [-0.2, -0.15) is 0 Å². The zero-order valence-corrected chi connectivity index (χ0v) is 16.5. The molecule has 0 aliphatic heterocycles. The van der Waals surface area contributed by atoms with Gasteiger partial charge in [0.25, 0.3) is 5.91 Å². The van der Waals surface area contributed by atoms with Crippen LogP contribution < -0.4 is 5.32 Å². The Morgan fingerprint density at radius 2 is 1.54 bits per heavy atom. The molecule has 0 bridgehead atoms. The van der Waals surface area contributed by atoms with Gasteiger partial charge in [-0.25, -0.2) is 4.79 Å². The van der Waals surface area contributed by atoms with E-state index in [1.165, 1.54) is 7.11 Å². The molecule has 0 unspecified atom stereocenters. The summed E-state index contributed by atoms with van der Waals surface area (Å²) in [5, 5.41) is 6.70. The Balaban J connectivity index is 1.95. The Labute approximate surface area is 165 Å². The molecule has 3 rings (SSSR count). The van der Waals surface area contributed by atoms with Crippen molar-refractivity contribution in [3.63, 3.8) is 0 Å². The molecule has 0 aromatic heterocycles. The Morgan fingerprint density at radius 1 is 0.929 bits per heavy atom. The highest BCUT2D eigenvalue weighted by atomic mass is 16.5. The molecule has 28 heavy (non-hydrogen) atoms. The Kier molecular flexibility index (Phi) is 6.64. The van der Waals surface area contributed by atoms with E-state index < -0.39 is 12.0 Å². The minimum atomic E-state index is -0.632. The molecule has 3 aromatic rings. The average molecular weight is 377 g/mol. The van der Waals surface area contributed by atoms with Crippen molar-refractivity contribution in [2.24, 2.45) is 0 Å². The zero-order chi connectivity index (χ0) is 19.9. The average Bonchev–Trinajstić information content (AvgIpc) is 2.73. The summed E-state index contributed by atoms with van der Waals surface area (Å²) in [4.78, 5) is 25.5. The molecule has 4 heteroatoms. The van der Waals surface area contributed by atoms with Gasteiger partial charge in [0.2, 0.25) is 0 Å². The van der Waals surface area contributed by atoms with Gasteiger partial charge in [0.1, 0.15) is 6.04 Å². The van der Waals surface area contributed by atoms with Crippen LogP contribution >= 0.6 is 0 Å². The maximum absolute atomic E-state index is 13.3. The summed E-state index contributed by atoms with van der Waals surface area (Å²) in [6.07, 6.45) is 4.75. The molecule has 0 aliphatic carbocycles. The lowest BCUT2D eigenvalue weighted by molar-refractivity contribution is -0.143. The van der Waals surface area contributed by atoms with Crippen LogP contribution in [0.4, 0.5) is 0 Å². The van der Waals surface area contributed by atoms with Gasteiger partial charge in [0.05, 0.1) is 12.7 Å². The van der Waals surface area contributed by atoms with Crippen molar-refractivity contribution in [3.8, 4) is 0 Å². The summed E-state index contributed by atoms with van der Waals surface area (Å²) < 4.78 is 4.93. The van der Waals surface area contributed by atoms with E-state index in [9.17, 15) is 9.59 Å². The number of esters is 1. The van der Waals surface area contributed by atoms with Crippen molar-refractivity contribution < 1.29 is 14.3 Å². The molecule has 1 N–H and O–H groups in total. The maximum atomic E-state index is 13.3. The number of unbranched alkanes of at least 4 members (excludes halogenated alkanes) is 3. The summed E-state index contributed by atoms with van der Waals surface area (Å²) in [5.74, 6) is -0.631. The second kappa shape index (κ2) is 9.36. The minimum Gasteiger partial charge on any atom is -0.467 e. The van der Waals surface area contributed by atoms with Crippen LogP contribution in [0.25, 0.3) is 21.5 Å². The van der Waals surface area contributed by atoms with Crippen LogP contribution in [0.2, 0.25) is 0 Å². The topological polar surface area (TPSA) is 55.4 Å². The van der Waals surface area contributed by atoms with E-state index in [4.69, 9.17) is 4.74 Å². The SMILES string of the molecule is CCCCCC[C@H](NC(=O)c1c2ccccc2cc2ccccc12)C(=O)OC. The fraction of sp³-hybridized carbons (Fsp3) is 0.333. The molecule has 0 spiro atoms. The third kappa shape index (κ3) is 4.33. The summed E-state index contributed by atoms with van der Waals surface area (Å²) in [6, 6.07) is 17.1. The first-order valence-corrected chi connectivity index (χ1v) is 9.95. The van der Waals surface area contributed by atoms with E-state index in [2.05, 4.69) is 18.3 Å². The van der Waals surface area contributed by atoms with Crippen LogP contribution in [0.3, 0.4) is 0 Å². The fourth-order valence-corrected chi connectivity index (χ4v) is 3.66. The van der Waals surface area contributed by atoms with Crippen molar-refractivity contribution in [2.45, 2.75) is 45.1 Å². The van der Waals surface area contributed by atoms with E-state index in [1.807, 2.05) is 48.5 Å². The first-order valence-electron chi connectivity index (χ1n) is 9.95. The van der Waals surface area contributed by atoms with Crippen LogP contribution in [0.5, 0.6) is 0 Å². The van der Waals surface area contributed by atoms with Crippen molar-refractivity contribution in [3.05, 3.63) is 60.2 Å².